The van der Waals surface area contributed by atoms with E-state index in [1.54, 1.807) is 13.2 Å². The first-order valence-electron chi connectivity index (χ1n) is 7.02. The highest BCUT2D eigenvalue weighted by Gasteiger charge is 2.37. The molecule has 1 saturated carbocycles. The predicted molar refractivity (Wildman–Crippen MR) is 82.7 cm³/mol. The van der Waals surface area contributed by atoms with Gasteiger partial charge in [-0.05, 0) is 30.7 Å². The largest absolute Gasteiger partial charge is 0.376 e. The molecule has 2 aromatic rings. The topological polar surface area (TPSA) is 51.2 Å². The lowest BCUT2D eigenvalue weighted by atomic mass is 9.80. The third kappa shape index (κ3) is 2.74. The average molecular weight is 305 g/mol. The Labute approximate surface area is 128 Å². The predicted octanol–water partition coefficient (Wildman–Crippen LogP) is 3.19. The molecule has 1 aliphatic carbocycles. The quantitative estimate of drug-likeness (QED) is 0.883. The summed E-state index contributed by atoms with van der Waals surface area (Å²) in [4.78, 5) is 16.4. The Morgan fingerprint density at radius 2 is 2.19 bits per heavy atom. The van der Waals surface area contributed by atoms with Gasteiger partial charge in [0.25, 0.3) is 5.91 Å². The zero-order valence-electron chi connectivity index (χ0n) is 11.9. The molecule has 1 fully saturated rings. The fourth-order valence-electron chi connectivity index (χ4n) is 2.63. The van der Waals surface area contributed by atoms with E-state index in [-0.39, 0.29) is 11.5 Å². The summed E-state index contributed by atoms with van der Waals surface area (Å²) < 4.78 is 5.49. The number of hydrogen-bond donors (Lipinski definition) is 1. The van der Waals surface area contributed by atoms with E-state index in [1.807, 2.05) is 24.3 Å². The molecule has 1 aromatic carbocycles. The Morgan fingerprint density at radius 1 is 1.43 bits per heavy atom. The Bertz CT molecular complexity index is 678. The lowest BCUT2D eigenvalue weighted by Gasteiger charge is -2.40. The molecule has 110 valence electrons. The van der Waals surface area contributed by atoms with Crippen LogP contribution in [0.1, 0.15) is 29.8 Å². The van der Waals surface area contributed by atoms with Crippen molar-refractivity contribution in [3.05, 3.63) is 41.2 Å². The second kappa shape index (κ2) is 5.62. The number of methoxy groups -OCH3 is 1. The van der Waals surface area contributed by atoms with Crippen molar-refractivity contribution in [2.24, 2.45) is 0 Å². The number of halogens is 1. The summed E-state index contributed by atoms with van der Waals surface area (Å²) >= 11 is 6.15. The first-order valence-corrected chi connectivity index (χ1v) is 7.40. The van der Waals surface area contributed by atoms with E-state index in [4.69, 9.17) is 16.3 Å². The minimum Gasteiger partial charge on any atom is -0.376 e. The maximum absolute atomic E-state index is 12.3. The second-order valence-corrected chi connectivity index (χ2v) is 5.80. The summed E-state index contributed by atoms with van der Waals surface area (Å²) in [6, 6.07) is 9.38. The standard InChI is InChI=1S/C16H17ClN2O2/c1-21-16(7-4-8-16)10-18-15(20)13-9-11-5-2-3-6-12(11)14(17)19-13/h2-3,5-6,9H,4,7-8,10H2,1H3,(H,18,20). The highest BCUT2D eigenvalue weighted by atomic mass is 35.5. The summed E-state index contributed by atoms with van der Waals surface area (Å²) in [7, 11) is 1.69. The molecule has 0 bridgehead atoms. The van der Waals surface area contributed by atoms with Gasteiger partial charge in [0.2, 0.25) is 0 Å². The monoisotopic (exact) mass is 304 g/mol. The molecule has 1 aromatic heterocycles. The molecule has 0 spiro atoms. The highest BCUT2D eigenvalue weighted by molar-refractivity contribution is 6.34. The minimum absolute atomic E-state index is 0.198. The molecule has 3 rings (SSSR count). The number of aromatic nitrogens is 1. The van der Waals surface area contributed by atoms with Gasteiger partial charge in [0.05, 0.1) is 5.60 Å². The lowest BCUT2D eigenvalue weighted by Crippen LogP contribution is -2.49. The molecule has 0 aliphatic heterocycles. The van der Waals surface area contributed by atoms with Crippen LogP contribution in [0, 0.1) is 0 Å². The van der Waals surface area contributed by atoms with Gasteiger partial charge in [-0.2, -0.15) is 0 Å². The number of rotatable bonds is 4. The number of carbonyl (C=O) groups excluding carboxylic acids is 1. The molecule has 4 nitrogen and oxygen atoms in total. The zero-order valence-corrected chi connectivity index (χ0v) is 12.6. The van der Waals surface area contributed by atoms with Crippen molar-refractivity contribution in [2.45, 2.75) is 24.9 Å². The Hall–Kier alpha value is -1.65. The van der Waals surface area contributed by atoms with Crippen LogP contribution in [0.3, 0.4) is 0 Å². The molecular weight excluding hydrogens is 288 g/mol. The average Bonchev–Trinajstić information content (AvgIpc) is 2.46. The number of benzene rings is 1. The molecule has 1 heterocycles. The number of ether oxygens (including phenoxy) is 1. The minimum atomic E-state index is -0.217. The summed E-state index contributed by atoms with van der Waals surface area (Å²) in [6.45, 7) is 0.508. The Morgan fingerprint density at radius 3 is 2.86 bits per heavy atom. The van der Waals surface area contributed by atoms with Crippen molar-refractivity contribution < 1.29 is 9.53 Å². The number of carbonyl (C=O) groups is 1. The van der Waals surface area contributed by atoms with Crippen LogP contribution in [0.4, 0.5) is 0 Å². The van der Waals surface area contributed by atoms with Gasteiger partial charge < -0.3 is 10.1 Å². The highest BCUT2D eigenvalue weighted by Crippen LogP contribution is 2.34. The van der Waals surface area contributed by atoms with Crippen LogP contribution in [0.15, 0.2) is 30.3 Å². The summed E-state index contributed by atoms with van der Waals surface area (Å²) in [6.07, 6.45) is 3.11. The van der Waals surface area contributed by atoms with Crippen molar-refractivity contribution in [2.75, 3.05) is 13.7 Å². The van der Waals surface area contributed by atoms with Crippen molar-refractivity contribution in [3.8, 4) is 0 Å². The van der Waals surface area contributed by atoms with Crippen LogP contribution >= 0.6 is 11.6 Å². The van der Waals surface area contributed by atoms with E-state index >= 15 is 0 Å². The molecule has 0 atom stereocenters. The maximum Gasteiger partial charge on any atom is 0.270 e. The van der Waals surface area contributed by atoms with Gasteiger partial charge in [0.15, 0.2) is 0 Å². The number of nitrogens with zero attached hydrogens (tertiary/aromatic N) is 1. The normalized spacial score (nSPS) is 16.5. The number of nitrogens with one attached hydrogen (secondary N) is 1. The van der Waals surface area contributed by atoms with Crippen LogP contribution in [-0.2, 0) is 4.74 Å². The smallest absolute Gasteiger partial charge is 0.270 e. The molecule has 5 heteroatoms. The SMILES string of the molecule is COC1(CNC(=O)c2cc3ccccc3c(Cl)n2)CCC1. The first kappa shape index (κ1) is 14.3. The first-order chi connectivity index (χ1) is 10.1. The molecule has 1 N–H and O–H groups in total. The van der Waals surface area contributed by atoms with E-state index in [0.717, 1.165) is 30.0 Å². The van der Waals surface area contributed by atoms with E-state index < -0.39 is 0 Å². The van der Waals surface area contributed by atoms with Gasteiger partial charge in [0.1, 0.15) is 10.8 Å². The van der Waals surface area contributed by atoms with E-state index in [1.165, 1.54) is 0 Å². The molecule has 1 aliphatic rings. The van der Waals surface area contributed by atoms with E-state index in [2.05, 4.69) is 10.3 Å². The third-order valence-corrected chi connectivity index (χ3v) is 4.48. The number of amides is 1. The Balaban J connectivity index is 1.78. The van der Waals surface area contributed by atoms with Crippen LogP contribution in [0.2, 0.25) is 5.15 Å². The van der Waals surface area contributed by atoms with E-state index in [0.29, 0.717) is 17.4 Å². The van der Waals surface area contributed by atoms with Gasteiger partial charge in [-0.25, -0.2) is 4.98 Å². The second-order valence-electron chi connectivity index (χ2n) is 5.44. The lowest BCUT2D eigenvalue weighted by molar-refractivity contribution is -0.0679. The molecule has 0 saturated heterocycles. The van der Waals surface area contributed by atoms with Crippen LogP contribution < -0.4 is 5.32 Å². The van der Waals surface area contributed by atoms with Crippen LogP contribution in [0.5, 0.6) is 0 Å². The van der Waals surface area contributed by atoms with Gasteiger partial charge >= 0.3 is 0 Å². The van der Waals surface area contributed by atoms with Crippen molar-refractivity contribution in [1.82, 2.24) is 10.3 Å². The van der Waals surface area contributed by atoms with Crippen molar-refractivity contribution in [1.29, 1.82) is 0 Å². The molecule has 0 unspecified atom stereocenters. The van der Waals surface area contributed by atoms with E-state index in [9.17, 15) is 4.79 Å². The van der Waals surface area contributed by atoms with Crippen molar-refractivity contribution >= 4 is 28.3 Å². The maximum atomic E-state index is 12.3. The number of fused-ring (bicyclic) bond motifs is 1. The van der Waals surface area contributed by atoms with Crippen LogP contribution in [0.25, 0.3) is 10.8 Å². The van der Waals surface area contributed by atoms with Gasteiger partial charge in [0, 0.05) is 19.0 Å². The molecule has 1 amide bonds. The van der Waals surface area contributed by atoms with Gasteiger partial charge in [-0.3, -0.25) is 4.79 Å². The summed E-state index contributed by atoms with van der Waals surface area (Å²) in [5.41, 5.74) is 0.139. The molecular formula is C16H17ClN2O2. The third-order valence-electron chi connectivity index (χ3n) is 4.20. The van der Waals surface area contributed by atoms with Crippen LogP contribution in [-0.4, -0.2) is 30.1 Å². The van der Waals surface area contributed by atoms with Gasteiger partial charge in [-0.1, -0.05) is 35.9 Å². The fraction of sp³-hybridized carbons (Fsp3) is 0.375. The van der Waals surface area contributed by atoms with Crippen molar-refractivity contribution in [3.63, 3.8) is 0 Å². The Kier molecular flexibility index (Phi) is 3.83. The van der Waals surface area contributed by atoms with Gasteiger partial charge in [-0.15, -0.1) is 0 Å². The number of hydrogen-bond acceptors (Lipinski definition) is 3. The fourth-order valence-corrected chi connectivity index (χ4v) is 2.89. The zero-order chi connectivity index (χ0) is 14.9. The summed E-state index contributed by atoms with van der Waals surface area (Å²) in [5, 5.41) is 5.01. The summed E-state index contributed by atoms with van der Waals surface area (Å²) in [5.74, 6) is -0.217. The molecule has 21 heavy (non-hydrogen) atoms. The number of pyridine rings is 1. The molecule has 0 radical (unpaired) electrons.